The zero-order valence-electron chi connectivity index (χ0n) is 62.5. The van der Waals surface area contributed by atoms with Crippen molar-refractivity contribution in [1.29, 1.82) is 0 Å². The quantitative estimate of drug-likeness (QED) is 0.0212. The fourth-order valence-corrected chi connectivity index (χ4v) is 13.7. The molecule has 6 N–H and O–H groups in total. The summed E-state index contributed by atoms with van der Waals surface area (Å²) in [5.74, 6) is -10.7. The predicted octanol–water partition coefficient (Wildman–Crippen LogP) is 13.2. The van der Waals surface area contributed by atoms with Gasteiger partial charge in [0.2, 0.25) is 0 Å². The van der Waals surface area contributed by atoms with E-state index in [9.17, 15) is 49.5 Å². The molecule has 0 radical (unpaired) electrons. The third kappa shape index (κ3) is 25.7. The molecule has 12 rings (SSSR count). The Morgan fingerprint density at radius 1 is 0.481 bits per heavy atom. The molecule has 10 atom stereocenters. The minimum atomic E-state index is -4.09. The largest absolute Gasteiger partial charge is 0.444 e. The summed E-state index contributed by atoms with van der Waals surface area (Å²) in [7, 11) is 0. The fourth-order valence-electron chi connectivity index (χ4n) is 13.7. The molecule has 0 aliphatic carbocycles. The maximum absolute atomic E-state index is 13.8. The van der Waals surface area contributed by atoms with E-state index in [0.29, 0.717) is 70.2 Å². The van der Waals surface area contributed by atoms with Gasteiger partial charge >= 0.3 is 30.1 Å². The lowest BCUT2D eigenvalue weighted by molar-refractivity contribution is -0.172. The molecule has 0 unspecified atom stereocenters. The Kier molecular flexibility index (Phi) is 29.1. The van der Waals surface area contributed by atoms with Gasteiger partial charge in [0.05, 0.1) is 49.3 Å². The minimum absolute atomic E-state index is 0.133. The zero-order valence-corrected chi connectivity index (χ0v) is 62.5. The molecule has 21 nitrogen and oxygen atoms in total. The number of ether oxygens (including phenoxy) is 3. The van der Waals surface area contributed by atoms with Crippen LogP contribution < -0.4 is 27.0 Å². The smallest absolute Gasteiger partial charge is 0.407 e. The van der Waals surface area contributed by atoms with Crippen LogP contribution >= 0.6 is 0 Å². The van der Waals surface area contributed by atoms with Crippen molar-refractivity contribution in [2.45, 2.75) is 179 Å². The van der Waals surface area contributed by atoms with Crippen LogP contribution in [0.3, 0.4) is 0 Å². The molecule has 106 heavy (non-hydrogen) atoms. The first-order valence-electron chi connectivity index (χ1n) is 36.0. The number of hydrogen-bond donors (Lipinski definition) is 5. The van der Waals surface area contributed by atoms with Crippen LogP contribution in [0.1, 0.15) is 110 Å². The first-order chi connectivity index (χ1) is 49.9. The summed E-state index contributed by atoms with van der Waals surface area (Å²) in [6.45, 7) is 28.2. The Bertz CT molecular complexity index is 3720. The number of likely N-dealkylation sites (tertiary alicyclic amines) is 5. The van der Waals surface area contributed by atoms with Gasteiger partial charge in [0, 0.05) is 133 Å². The highest BCUT2D eigenvalue weighted by Crippen LogP contribution is 2.43. The van der Waals surface area contributed by atoms with Gasteiger partial charge in [-0.2, -0.15) is 17.6 Å². The van der Waals surface area contributed by atoms with Crippen molar-refractivity contribution >= 4 is 18.3 Å². The number of rotatable bonds is 15. The van der Waals surface area contributed by atoms with Crippen LogP contribution in [-0.2, 0) is 40.4 Å². The SMILES string of the molecule is CC(C)(C)OC(=O)N[C@@H]1CN(Cc2ccccc2)C[C@H]1N1CC(F)(F)C(F)(F)C1.CC(C)(C)OC(=O)N[C@@H]1CN(Cc2ccccc2)C[C@H]1n1cc(F)c(F)c1.CC(C)(C)OC(=O)N[C@@H]1CNC[C@H]1n1cc(F)c(F)c1.C[C@@H]1CN(Cc2ccccc2)C[C@H]1N.C[C@@H]1CN(Cc2ccccc2)C[C@H]1N=[N+]=[N-]. The van der Waals surface area contributed by atoms with Crippen LogP contribution in [0.2, 0.25) is 0 Å². The molecule has 0 spiro atoms. The topological polar surface area (TPSA) is 228 Å². The van der Waals surface area contributed by atoms with Gasteiger partial charge in [-0.1, -0.05) is 140 Å². The van der Waals surface area contributed by atoms with Gasteiger partial charge in [-0.05, 0) is 102 Å². The molecule has 6 aliphatic rings. The molecular weight excluding hydrogens is 1380 g/mol. The number of nitrogens with zero attached hydrogens (tertiary/aromatic N) is 10. The van der Waals surface area contributed by atoms with Crippen LogP contribution in [0.15, 0.2) is 151 Å². The number of alkyl halides is 4. The fraction of sp³-hybridized carbons (Fsp3) is 0.545. The van der Waals surface area contributed by atoms with E-state index in [-0.39, 0.29) is 30.2 Å². The first-order valence-corrected chi connectivity index (χ1v) is 36.0. The second-order valence-corrected chi connectivity index (χ2v) is 31.3. The van der Waals surface area contributed by atoms with Crippen LogP contribution in [-0.4, -0.2) is 195 Å². The highest BCUT2D eigenvalue weighted by Gasteiger charge is 2.64. The third-order valence-corrected chi connectivity index (χ3v) is 18.7. The maximum Gasteiger partial charge on any atom is 0.407 e. The Hall–Kier alpha value is -8.28. The maximum atomic E-state index is 13.8. The van der Waals surface area contributed by atoms with Gasteiger partial charge in [0.15, 0.2) is 23.3 Å². The number of aromatic nitrogens is 2. The predicted molar refractivity (Wildman–Crippen MR) is 390 cm³/mol. The molecule has 6 aliphatic heterocycles. The van der Waals surface area contributed by atoms with Crippen molar-refractivity contribution < 1.29 is 63.7 Å². The van der Waals surface area contributed by atoms with Crippen molar-refractivity contribution in [1.82, 2.24) is 54.9 Å². The third-order valence-electron chi connectivity index (χ3n) is 18.7. The summed E-state index contributed by atoms with van der Waals surface area (Å²) in [6.07, 6.45) is 2.70. The molecule has 580 valence electrons. The first kappa shape index (κ1) is 83.4. The van der Waals surface area contributed by atoms with Gasteiger partial charge in [-0.15, -0.1) is 0 Å². The summed E-state index contributed by atoms with van der Waals surface area (Å²) in [5.41, 5.74) is 17.4. The van der Waals surface area contributed by atoms with Crippen molar-refractivity contribution in [3.8, 4) is 0 Å². The summed E-state index contributed by atoms with van der Waals surface area (Å²) in [6, 6.07) is 38.5. The monoisotopic (exact) mass is 1490 g/mol. The van der Waals surface area contributed by atoms with Crippen LogP contribution in [0.25, 0.3) is 10.4 Å². The molecule has 6 saturated heterocycles. The number of amides is 3. The zero-order chi connectivity index (χ0) is 77.3. The number of hydrogen-bond acceptors (Lipinski definition) is 14. The molecule has 8 heterocycles. The van der Waals surface area contributed by atoms with Gasteiger partial charge in [-0.3, -0.25) is 24.5 Å². The van der Waals surface area contributed by atoms with E-state index in [1.54, 1.807) is 62.3 Å². The number of alkyl carbamates (subject to hydrolysis) is 3. The van der Waals surface area contributed by atoms with Gasteiger partial charge in [0.1, 0.15) is 16.8 Å². The summed E-state index contributed by atoms with van der Waals surface area (Å²) in [4.78, 5) is 49.1. The van der Waals surface area contributed by atoms with E-state index < -0.39 is 95.4 Å². The number of nitrogens with two attached hydrogens (primary N) is 1. The van der Waals surface area contributed by atoms with Crippen molar-refractivity contribution in [2.24, 2.45) is 22.7 Å². The van der Waals surface area contributed by atoms with Crippen LogP contribution in [0, 0.1) is 35.1 Å². The van der Waals surface area contributed by atoms with Gasteiger partial charge in [-0.25, -0.2) is 31.9 Å². The van der Waals surface area contributed by atoms with E-state index >= 15 is 0 Å². The van der Waals surface area contributed by atoms with Gasteiger partial charge < -0.3 is 50.3 Å². The highest BCUT2D eigenvalue weighted by atomic mass is 19.3. The lowest BCUT2D eigenvalue weighted by Gasteiger charge is -2.29. The van der Waals surface area contributed by atoms with Gasteiger partial charge in [0.25, 0.3) is 0 Å². The van der Waals surface area contributed by atoms with Crippen molar-refractivity contribution in [3.63, 3.8) is 0 Å². The molecule has 6 aromatic rings. The van der Waals surface area contributed by atoms with E-state index in [4.69, 9.17) is 25.5 Å². The van der Waals surface area contributed by atoms with E-state index in [2.05, 4.69) is 114 Å². The Balaban J connectivity index is 0.000000171. The summed E-state index contributed by atoms with van der Waals surface area (Å²) in [5, 5.41) is 15.2. The number of azide groups is 1. The Labute approximate surface area is 617 Å². The van der Waals surface area contributed by atoms with Crippen LogP contribution in [0.4, 0.5) is 49.5 Å². The number of halogens is 8. The number of benzene rings is 4. The lowest BCUT2D eigenvalue weighted by atomic mass is 10.1. The normalized spacial score (nSPS) is 24.5. The number of carbonyl (C=O) groups excluding carboxylic acids is 3. The summed E-state index contributed by atoms with van der Waals surface area (Å²) < 4.78 is 127. The molecule has 4 aromatic carbocycles. The van der Waals surface area contributed by atoms with Crippen LogP contribution in [0.5, 0.6) is 0 Å². The molecule has 2 aromatic heterocycles. The number of carbonyl (C=O) groups is 3. The standard InChI is InChI=1S/C20H27F4N3O2.C20H25F2N3O2.C13H19F2N3O2.C12H16N4.C12H18N2/c1-18(2,3)29-17(28)25-15-10-26(9-14-7-5-4-6-8-14)11-16(15)27-12-19(21,22)20(23,24)13-27;1-20(2,3)27-19(26)23-17-12-24(9-14-7-5-4-6-8-14)13-18(17)25-10-15(21)16(22)11-25;1-13(2,3)20-12(19)17-10-4-16-5-11(10)18-6-8(14)9(15)7-18;1-10-7-16(9-12(10)14-15-13)8-11-5-3-2-4-6-11;1-10-7-14(9-12(10)13)8-11-5-3-2-4-6-11/h4-8,15-16H,9-13H2,1-3H3,(H,25,28);4-8,10-11,17-18H,9,12-13H2,1-3H3,(H,23,26);6-7,10-11,16H,4-5H2,1-3H3,(H,17,19);2-6,10,12H,7-9H2,1H3;2-6,10,12H,7-9,13H2,1H3/t15-,16-;17-,18-;10-,11-;2*10-,12-/m11111/s1. The minimum Gasteiger partial charge on any atom is -0.444 e. The Morgan fingerprint density at radius 2 is 0.811 bits per heavy atom. The molecule has 6 fully saturated rings. The average Bonchev–Trinajstić information content (AvgIpc) is 1.61. The second-order valence-electron chi connectivity index (χ2n) is 31.3. The van der Waals surface area contributed by atoms with E-state index in [1.165, 1.54) is 20.3 Å². The van der Waals surface area contributed by atoms with E-state index in [1.807, 2.05) is 71.6 Å². The number of nitrogens with one attached hydrogen (secondary N) is 4. The lowest BCUT2D eigenvalue weighted by Crippen LogP contribution is -2.51. The molecule has 0 bridgehead atoms. The average molecular weight is 1490 g/mol. The molecule has 29 heteroatoms. The van der Waals surface area contributed by atoms with Crippen molar-refractivity contribution in [2.75, 3.05) is 78.5 Å². The molecular formula is C77H105F8N15O6. The van der Waals surface area contributed by atoms with Crippen molar-refractivity contribution in [3.05, 3.63) is 202 Å². The molecule has 3 amide bonds. The molecule has 0 saturated carbocycles. The van der Waals surface area contributed by atoms with E-state index in [0.717, 1.165) is 80.1 Å². The second kappa shape index (κ2) is 37.0. The highest BCUT2D eigenvalue weighted by molar-refractivity contribution is 5.69. The summed E-state index contributed by atoms with van der Waals surface area (Å²) >= 11 is 0. The Morgan fingerprint density at radius 3 is 1.17 bits per heavy atom.